The molecule has 1 aromatic rings. The lowest BCUT2D eigenvalue weighted by molar-refractivity contribution is -0.118. The molecule has 0 saturated heterocycles. The number of nitrogens with two attached hydrogens (primary N) is 1. The monoisotopic (exact) mass is 271 g/mol. The number of halogens is 1. The van der Waals surface area contributed by atoms with Crippen molar-refractivity contribution in [3.63, 3.8) is 0 Å². The van der Waals surface area contributed by atoms with Gasteiger partial charge in [0.15, 0.2) is 0 Å². The van der Waals surface area contributed by atoms with E-state index in [0.29, 0.717) is 9.92 Å². The first-order chi connectivity index (χ1) is 8.04. The third kappa shape index (κ3) is 4.06. The summed E-state index contributed by atoms with van der Waals surface area (Å²) in [5, 5.41) is 11.0. The first-order valence-corrected chi connectivity index (χ1v) is 6.31. The smallest absolute Gasteiger partial charge is 0.233 e. The van der Waals surface area contributed by atoms with Gasteiger partial charge in [-0.1, -0.05) is 11.6 Å². The molecule has 0 aliphatic carbocycles. The third-order valence-corrected chi connectivity index (χ3v) is 3.47. The molecule has 1 amide bonds. The lowest BCUT2D eigenvalue weighted by atomic mass is 10.3. The molecule has 1 unspecified atom stereocenters. The minimum absolute atomic E-state index is 0.105. The fraction of sp³-hybridized carbons (Fsp3) is 0.200. The van der Waals surface area contributed by atoms with Crippen LogP contribution in [0.15, 0.2) is 23.1 Å². The first-order valence-electron chi connectivity index (χ1n) is 4.61. The fourth-order valence-corrected chi connectivity index (χ4v) is 2.33. The number of anilines is 1. The summed E-state index contributed by atoms with van der Waals surface area (Å²) in [6.07, 6.45) is 0. The molecule has 90 valence electrons. The molecule has 0 heterocycles. The van der Waals surface area contributed by atoms with Gasteiger partial charge in [0.05, 0.1) is 21.8 Å². The summed E-state index contributed by atoms with van der Waals surface area (Å²) in [6.45, 7) is -0.105. The van der Waals surface area contributed by atoms with Crippen molar-refractivity contribution in [3.05, 3.63) is 23.2 Å². The van der Waals surface area contributed by atoms with Crippen LogP contribution < -0.4 is 11.1 Å². The van der Waals surface area contributed by atoms with Crippen LogP contribution in [0.3, 0.4) is 0 Å². The molecule has 0 aliphatic rings. The van der Waals surface area contributed by atoms with Crippen LogP contribution in [0.25, 0.3) is 0 Å². The van der Waals surface area contributed by atoms with Gasteiger partial charge >= 0.3 is 0 Å². The lowest BCUT2D eigenvalue weighted by Crippen LogP contribution is -2.28. The van der Waals surface area contributed by atoms with Gasteiger partial charge in [-0.25, -0.2) is 0 Å². The molecule has 0 aromatic heterocycles. The standard InChI is InChI=1S/C10H10ClN3O2S/c11-7-1-2-9(8(13)5-7)17(16)6-10(15)14-4-3-12/h1-2,5H,4,6,13H2,(H,14,15). The Morgan fingerprint density at radius 3 is 2.88 bits per heavy atom. The summed E-state index contributed by atoms with van der Waals surface area (Å²) in [5.74, 6) is -0.688. The largest absolute Gasteiger partial charge is 0.398 e. The van der Waals surface area contributed by atoms with Crippen molar-refractivity contribution in [2.45, 2.75) is 4.90 Å². The van der Waals surface area contributed by atoms with E-state index in [1.165, 1.54) is 12.1 Å². The number of nitrogens with one attached hydrogen (secondary N) is 1. The molecule has 0 spiro atoms. The number of carbonyl (C=O) groups is 1. The average Bonchev–Trinajstić information content (AvgIpc) is 2.26. The molecule has 3 N–H and O–H groups in total. The first kappa shape index (κ1) is 13.5. The van der Waals surface area contributed by atoms with E-state index in [9.17, 15) is 9.00 Å². The number of hydrogen-bond donors (Lipinski definition) is 2. The number of hydrogen-bond acceptors (Lipinski definition) is 4. The van der Waals surface area contributed by atoms with Crippen molar-refractivity contribution in [2.24, 2.45) is 0 Å². The van der Waals surface area contributed by atoms with E-state index in [1.54, 1.807) is 12.1 Å². The summed E-state index contributed by atoms with van der Waals surface area (Å²) in [7, 11) is -1.54. The van der Waals surface area contributed by atoms with E-state index in [0.717, 1.165) is 0 Å². The zero-order valence-corrected chi connectivity index (χ0v) is 10.3. The molecule has 1 aromatic carbocycles. The number of nitrogen functional groups attached to an aromatic ring is 1. The molecule has 0 saturated carbocycles. The van der Waals surface area contributed by atoms with Crippen LogP contribution in [0.4, 0.5) is 5.69 Å². The minimum atomic E-state index is -1.54. The van der Waals surface area contributed by atoms with Crippen LogP contribution in [-0.4, -0.2) is 22.4 Å². The van der Waals surface area contributed by atoms with E-state index in [2.05, 4.69) is 5.32 Å². The fourth-order valence-electron chi connectivity index (χ4n) is 1.11. The summed E-state index contributed by atoms with van der Waals surface area (Å²) in [4.78, 5) is 11.6. The second-order valence-electron chi connectivity index (χ2n) is 3.11. The molecular formula is C10H10ClN3O2S. The van der Waals surface area contributed by atoms with Gasteiger partial charge in [-0.15, -0.1) is 0 Å². The van der Waals surface area contributed by atoms with Crippen LogP contribution in [0.5, 0.6) is 0 Å². The quantitative estimate of drug-likeness (QED) is 0.621. The van der Waals surface area contributed by atoms with E-state index < -0.39 is 16.7 Å². The summed E-state index contributed by atoms with van der Waals surface area (Å²) in [5.41, 5.74) is 5.92. The Bertz CT molecular complexity index is 499. The number of rotatable bonds is 4. The summed E-state index contributed by atoms with van der Waals surface area (Å²) >= 11 is 5.70. The van der Waals surface area contributed by atoms with E-state index in [1.807, 2.05) is 0 Å². The number of amides is 1. The highest BCUT2D eigenvalue weighted by atomic mass is 35.5. The summed E-state index contributed by atoms with van der Waals surface area (Å²) in [6, 6.07) is 6.30. The van der Waals surface area contributed by atoms with Crippen molar-refractivity contribution < 1.29 is 9.00 Å². The molecule has 0 bridgehead atoms. The molecule has 5 nitrogen and oxygen atoms in total. The van der Waals surface area contributed by atoms with Crippen molar-refractivity contribution >= 4 is 34.0 Å². The van der Waals surface area contributed by atoms with Gasteiger partial charge < -0.3 is 11.1 Å². The van der Waals surface area contributed by atoms with Crippen LogP contribution >= 0.6 is 11.6 Å². The predicted molar refractivity (Wildman–Crippen MR) is 65.8 cm³/mol. The van der Waals surface area contributed by atoms with Gasteiger partial charge in [-0.3, -0.25) is 9.00 Å². The Morgan fingerprint density at radius 2 is 2.29 bits per heavy atom. The van der Waals surface area contributed by atoms with Gasteiger partial charge in [0, 0.05) is 10.7 Å². The molecule has 1 atom stereocenters. The number of carbonyl (C=O) groups excluding carboxylic acids is 1. The second kappa shape index (κ2) is 6.23. The molecule has 0 fully saturated rings. The SMILES string of the molecule is N#CCNC(=O)CS(=O)c1ccc(Cl)cc1N. The normalized spacial score (nSPS) is 11.5. The van der Waals surface area contributed by atoms with Gasteiger partial charge in [0.2, 0.25) is 5.91 Å². The Balaban J connectivity index is 2.71. The molecule has 17 heavy (non-hydrogen) atoms. The van der Waals surface area contributed by atoms with E-state index in [4.69, 9.17) is 22.6 Å². The van der Waals surface area contributed by atoms with Crippen molar-refractivity contribution in [1.82, 2.24) is 5.32 Å². The molecule has 0 radical (unpaired) electrons. The second-order valence-corrected chi connectivity index (χ2v) is 4.96. The minimum Gasteiger partial charge on any atom is -0.398 e. The van der Waals surface area contributed by atoms with Crippen molar-refractivity contribution in [1.29, 1.82) is 5.26 Å². The predicted octanol–water partition coefficient (Wildman–Crippen LogP) is 0.670. The summed E-state index contributed by atoms with van der Waals surface area (Å²) < 4.78 is 11.8. The topological polar surface area (TPSA) is 96.0 Å². The molecule has 1 rings (SSSR count). The van der Waals surface area contributed by atoms with Gasteiger partial charge in [0.1, 0.15) is 12.3 Å². The van der Waals surface area contributed by atoms with Gasteiger partial charge in [-0.05, 0) is 18.2 Å². The van der Waals surface area contributed by atoms with E-state index in [-0.39, 0.29) is 18.0 Å². The lowest BCUT2D eigenvalue weighted by Gasteiger charge is -2.05. The highest BCUT2D eigenvalue weighted by Crippen LogP contribution is 2.21. The number of nitriles is 1. The van der Waals surface area contributed by atoms with Crippen molar-refractivity contribution in [2.75, 3.05) is 18.0 Å². The Kier molecular flexibility index (Phi) is 4.94. The zero-order chi connectivity index (χ0) is 12.8. The zero-order valence-electron chi connectivity index (χ0n) is 8.77. The maximum absolute atomic E-state index is 11.8. The Labute approximate surface area is 106 Å². The van der Waals surface area contributed by atoms with Crippen molar-refractivity contribution in [3.8, 4) is 6.07 Å². The average molecular weight is 272 g/mol. The number of benzene rings is 1. The number of nitrogens with zero attached hydrogens (tertiary/aromatic N) is 1. The highest BCUT2D eigenvalue weighted by Gasteiger charge is 2.12. The van der Waals surface area contributed by atoms with Crippen LogP contribution in [0, 0.1) is 11.3 Å². The van der Waals surface area contributed by atoms with E-state index >= 15 is 0 Å². The van der Waals surface area contributed by atoms with Gasteiger partial charge in [0.25, 0.3) is 0 Å². The van der Waals surface area contributed by atoms with Crippen LogP contribution in [-0.2, 0) is 15.6 Å². The van der Waals surface area contributed by atoms with Crippen LogP contribution in [0.1, 0.15) is 0 Å². The third-order valence-electron chi connectivity index (χ3n) is 1.84. The highest BCUT2D eigenvalue weighted by molar-refractivity contribution is 7.86. The van der Waals surface area contributed by atoms with Gasteiger partial charge in [-0.2, -0.15) is 5.26 Å². The maximum Gasteiger partial charge on any atom is 0.233 e. The Hall–Kier alpha value is -1.58. The molecule has 0 aliphatic heterocycles. The maximum atomic E-state index is 11.8. The Morgan fingerprint density at radius 1 is 1.59 bits per heavy atom. The van der Waals surface area contributed by atoms with Crippen LogP contribution in [0.2, 0.25) is 5.02 Å². The molecular weight excluding hydrogens is 262 g/mol. The molecule has 7 heteroatoms.